The normalized spacial score (nSPS) is 17.9. The fourth-order valence-corrected chi connectivity index (χ4v) is 7.00. The molecule has 0 spiro atoms. The van der Waals surface area contributed by atoms with Crippen LogP contribution >= 0.6 is 0 Å². The molecule has 0 aromatic heterocycles. The van der Waals surface area contributed by atoms with Crippen LogP contribution in [0.1, 0.15) is 10.4 Å². The zero-order valence-electron chi connectivity index (χ0n) is 20.7. The fourth-order valence-electron chi connectivity index (χ4n) is 4.26. The number of ether oxygens (including phenoxy) is 2. The highest BCUT2D eigenvalue weighted by Crippen LogP contribution is 2.21. The molecule has 2 heterocycles. The molecule has 0 aliphatic carbocycles. The molecule has 2 aliphatic rings. The third kappa shape index (κ3) is 6.60. The number of nitrogens with zero attached hydrogens (tertiary/aromatic N) is 3. The van der Waals surface area contributed by atoms with Crippen LogP contribution in [0.25, 0.3) is 0 Å². The number of sulfonamides is 2. The SMILES string of the molecule is COc1ccc(N2CCN(S(=O)(=O)CCNC(=O)c3ccc(S(=O)(=O)N4CCOCC4)cc3)CC2)cc1. The van der Waals surface area contributed by atoms with Crippen molar-refractivity contribution in [2.24, 2.45) is 0 Å². The standard InChI is InChI=1S/C24H32N4O7S2/c1-34-22-6-4-21(5-7-22)26-11-13-27(14-12-26)36(30,31)19-10-25-24(29)20-2-8-23(9-3-20)37(32,33)28-15-17-35-18-16-28/h2-9H,10-19H2,1H3,(H,25,29). The van der Waals surface area contributed by atoms with Crippen molar-refractivity contribution in [2.75, 3.05) is 76.8 Å². The van der Waals surface area contributed by atoms with Crippen molar-refractivity contribution in [1.29, 1.82) is 0 Å². The van der Waals surface area contributed by atoms with Gasteiger partial charge in [-0.05, 0) is 48.5 Å². The van der Waals surface area contributed by atoms with Gasteiger partial charge in [0.05, 0.1) is 31.0 Å². The molecule has 0 atom stereocenters. The number of methoxy groups -OCH3 is 1. The molecule has 2 aromatic carbocycles. The van der Waals surface area contributed by atoms with Crippen molar-refractivity contribution in [1.82, 2.24) is 13.9 Å². The van der Waals surface area contributed by atoms with E-state index in [4.69, 9.17) is 9.47 Å². The number of carbonyl (C=O) groups is 1. The summed E-state index contributed by atoms with van der Waals surface area (Å²) in [7, 11) is -5.58. The van der Waals surface area contributed by atoms with Crippen LogP contribution in [0.2, 0.25) is 0 Å². The third-order valence-electron chi connectivity index (χ3n) is 6.44. The average molecular weight is 553 g/mol. The molecule has 2 saturated heterocycles. The van der Waals surface area contributed by atoms with Gasteiger partial charge in [0.15, 0.2) is 0 Å². The number of rotatable bonds is 9. The Balaban J connectivity index is 1.25. The molecule has 13 heteroatoms. The number of amides is 1. The van der Waals surface area contributed by atoms with Gasteiger partial charge in [0.2, 0.25) is 20.0 Å². The number of hydrogen-bond acceptors (Lipinski definition) is 8. The van der Waals surface area contributed by atoms with Gasteiger partial charge in [-0.1, -0.05) is 0 Å². The Morgan fingerprint density at radius 1 is 0.865 bits per heavy atom. The number of nitrogens with one attached hydrogen (secondary N) is 1. The maximum absolute atomic E-state index is 12.8. The molecule has 0 bridgehead atoms. The quantitative estimate of drug-likeness (QED) is 0.480. The van der Waals surface area contributed by atoms with Crippen molar-refractivity contribution < 1.29 is 31.1 Å². The molecule has 4 rings (SSSR count). The molecule has 0 radical (unpaired) electrons. The van der Waals surface area contributed by atoms with E-state index in [9.17, 15) is 21.6 Å². The maximum Gasteiger partial charge on any atom is 0.251 e. The lowest BCUT2D eigenvalue weighted by atomic mass is 10.2. The van der Waals surface area contributed by atoms with Crippen molar-refractivity contribution in [3.63, 3.8) is 0 Å². The Hall–Kier alpha value is -2.71. The lowest BCUT2D eigenvalue weighted by Gasteiger charge is -2.35. The first kappa shape index (κ1) is 27.3. The molecular weight excluding hydrogens is 520 g/mol. The Kier molecular flexibility index (Phi) is 8.70. The van der Waals surface area contributed by atoms with E-state index in [1.54, 1.807) is 7.11 Å². The van der Waals surface area contributed by atoms with Crippen LogP contribution in [-0.4, -0.2) is 103 Å². The van der Waals surface area contributed by atoms with Crippen LogP contribution in [0, 0.1) is 0 Å². The fraction of sp³-hybridized carbons (Fsp3) is 0.458. The highest BCUT2D eigenvalue weighted by Gasteiger charge is 2.28. The van der Waals surface area contributed by atoms with Crippen LogP contribution in [-0.2, 0) is 24.8 Å². The highest BCUT2D eigenvalue weighted by atomic mass is 32.2. The number of benzene rings is 2. The first-order chi connectivity index (χ1) is 17.7. The summed E-state index contributed by atoms with van der Waals surface area (Å²) in [4.78, 5) is 14.7. The van der Waals surface area contributed by atoms with Gasteiger partial charge in [0.1, 0.15) is 5.75 Å². The smallest absolute Gasteiger partial charge is 0.251 e. The first-order valence-electron chi connectivity index (χ1n) is 12.0. The number of morpholine rings is 1. The Morgan fingerprint density at radius 2 is 1.49 bits per heavy atom. The average Bonchev–Trinajstić information content (AvgIpc) is 2.93. The van der Waals surface area contributed by atoms with Crippen LogP contribution in [0.3, 0.4) is 0 Å². The van der Waals surface area contributed by atoms with Crippen molar-refractivity contribution >= 4 is 31.6 Å². The Morgan fingerprint density at radius 3 is 2.08 bits per heavy atom. The second-order valence-electron chi connectivity index (χ2n) is 8.70. The second-order valence-corrected chi connectivity index (χ2v) is 12.7. The second kappa shape index (κ2) is 11.8. The predicted molar refractivity (Wildman–Crippen MR) is 139 cm³/mol. The van der Waals surface area contributed by atoms with Crippen LogP contribution in [0.4, 0.5) is 5.69 Å². The van der Waals surface area contributed by atoms with Crippen LogP contribution < -0.4 is 15.0 Å². The highest BCUT2D eigenvalue weighted by molar-refractivity contribution is 7.89. The third-order valence-corrected chi connectivity index (χ3v) is 10.2. The topological polar surface area (TPSA) is 126 Å². The van der Waals surface area contributed by atoms with E-state index in [2.05, 4.69) is 10.2 Å². The molecule has 2 aromatic rings. The van der Waals surface area contributed by atoms with Crippen LogP contribution in [0.5, 0.6) is 5.75 Å². The summed E-state index contributed by atoms with van der Waals surface area (Å²) in [6, 6.07) is 13.3. The molecule has 0 unspecified atom stereocenters. The zero-order chi connectivity index (χ0) is 26.5. The molecule has 0 saturated carbocycles. The Labute approximate surface area is 218 Å². The number of hydrogen-bond donors (Lipinski definition) is 1. The van der Waals surface area contributed by atoms with Crippen molar-refractivity contribution in [3.05, 3.63) is 54.1 Å². The first-order valence-corrected chi connectivity index (χ1v) is 15.1. The maximum atomic E-state index is 12.8. The molecule has 202 valence electrons. The Bertz CT molecular complexity index is 1270. The van der Waals surface area contributed by atoms with E-state index in [1.165, 1.54) is 32.9 Å². The molecule has 1 amide bonds. The van der Waals surface area contributed by atoms with E-state index in [0.717, 1.165) is 11.4 Å². The van der Waals surface area contributed by atoms with Gasteiger partial charge in [0, 0.05) is 57.1 Å². The lowest BCUT2D eigenvalue weighted by molar-refractivity contribution is 0.0730. The largest absolute Gasteiger partial charge is 0.497 e. The van der Waals surface area contributed by atoms with Gasteiger partial charge >= 0.3 is 0 Å². The summed E-state index contributed by atoms with van der Waals surface area (Å²) >= 11 is 0. The summed E-state index contributed by atoms with van der Waals surface area (Å²) in [5.74, 6) is 0.0842. The van der Waals surface area contributed by atoms with Gasteiger partial charge in [-0.25, -0.2) is 16.8 Å². The monoisotopic (exact) mass is 552 g/mol. The van der Waals surface area contributed by atoms with E-state index >= 15 is 0 Å². The van der Waals surface area contributed by atoms with Crippen molar-refractivity contribution in [2.45, 2.75) is 4.90 Å². The summed E-state index contributed by atoms with van der Waals surface area (Å²) in [6.07, 6.45) is 0. The van der Waals surface area contributed by atoms with E-state index < -0.39 is 26.0 Å². The minimum Gasteiger partial charge on any atom is -0.497 e. The minimum absolute atomic E-state index is 0.0479. The molecule has 2 aliphatic heterocycles. The summed E-state index contributed by atoms with van der Waals surface area (Å²) in [6.45, 7) is 3.08. The molecular formula is C24H32N4O7S2. The van der Waals surface area contributed by atoms with Gasteiger partial charge in [-0.2, -0.15) is 8.61 Å². The molecule has 2 fully saturated rings. The number of piperazine rings is 1. The van der Waals surface area contributed by atoms with Gasteiger partial charge in [-0.15, -0.1) is 0 Å². The number of anilines is 1. The number of carbonyl (C=O) groups excluding carboxylic acids is 1. The van der Waals surface area contributed by atoms with E-state index in [-0.39, 0.29) is 35.8 Å². The minimum atomic E-state index is -3.65. The molecule has 11 nitrogen and oxygen atoms in total. The van der Waals surface area contributed by atoms with Gasteiger partial charge in [0.25, 0.3) is 5.91 Å². The summed E-state index contributed by atoms with van der Waals surface area (Å²) < 4.78 is 64.2. The predicted octanol–water partition coefficient (Wildman–Crippen LogP) is 0.598. The molecule has 37 heavy (non-hydrogen) atoms. The zero-order valence-corrected chi connectivity index (χ0v) is 22.3. The van der Waals surface area contributed by atoms with Gasteiger partial charge < -0.3 is 19.7 Å². The summed E-state index contributed by atoms with van der Waals surface area (Å²) in [5, 5.41) is 2.62. The molecule has 1 N–H and O–H groups in total. The summed E-state index contributed by atoms with van der Waals surface area (Å²) in [5.41, 5.74) is 1.26. The van der Waals surface area contributed by atoms with E-state index in [0.29, 0.717) is 39.4 Å². The van der Waals surface area contributed by atoms with Gasteiger partial charge in [-0.3, -0.25) is 4.79 Å². The van der Waals surface area contributed by atoms with Crippen molar-refractivity contribution in [3.8, 4) is 5.75 Å². The van der Waals surface area contributed by atoms with Crippen LogP contribution in [0.15, 0.2) is 53.4 Å². The van der Waals surface area contributed by atoms with E-state index in [1.807, 2.05) is 24.3 Å². The lowest BCUT2D eigenvalue weighted by Crippen LogP contribution is -2.50.